The normalized spacial score (nSPS) is 11.6. The molecule has 0 aliphatic rings. The molecule has 5 nitrogen and oxygen atoms in total. The zero-order valence-electron chi connectivity index (χ0n) is 15.1. The second-order valence-electron chi connectivity index (χ2n) is 5.57. The first-order valence-electron chi connectivity index (χ1n) is 8.00. The number of rotatable bonds is 7. The van der Waals surface area contributed by atoms with E-state index in [4.69, 9.17) is 11.6 Å². The number of sulfone groups is 1. The van der Waals surface area contributed by atoms with Crippen molar-refractivity contribution < 1.29 is 8.42 Å². The lowest BCUT2D eigenvalue weighted by atomic mass is 10.2. The van der Waals surface area contributed by atoms with Crippen molar-refractivity contribution in [2.75, 3.05) is 25.6 Å². The standard InChI is InChI=1S/C18H22ClN3O2S2.HI/c1-20-18(21-11-12-25-16-7-5-15(19)6-8-16)22-13-14-3-9-17(10-4-14)26(2,23)24;/h3-10H,11-13H2,1-2H3,(H2,20,21,22);1H. The van der Waals surface area contributed by atoms with Crippen molar-refractivity contribution in [3.63, 3.8) is 0 Å². The molecule has 0 aromatic heterocycles. The Morgan fingerprint density at radius 2 is 1.70 bits per heavy atom. The molecular weight excluding hydrogens is 517 g/mol. The fraction of sp³-hybridized carbons (Fsp3) is 0.278. The van der Waals surface area contributed by atoms with Crippen molar-refractivity contribution in [2.45, 2.75) is 16.3 Å². The SMILES string of the molecule is CN=C(NCCSc1ccc(Cl)cc1)NCc1ccc(S(C)(=O)=O)cc1.I. The van der Waals surface area contributed by atoms with E-state index in [1.807, 2.05) is 24.3 Å². The van der Waals surface area contributed by atoms with Gasteiger partial charge in [-0.3, -0.25) is 4.99 Å². The van der Waals surface area contributed by atoms with Crippen LogP contribution in [-0.2, 0) is 16.4 Å². The Balaban J connectivity index is 0.00000364. The highest BCUT2D eigenvalue weighted by Gasteiger charge is 2.06. The van der Waals surface area contributed by atoms with Gasteiger partial charge in [-0.05, 0) is 42.0 Å². The second-order valence-corrected chi connectivity index (χ2v) is 9.19. The second kappa shape index (κ2) is 11.8. The molecule has 0 aliphatic carbocycles. The maximum atomic E-state index is 11.5. The number of nitrogens with one attached hydrogen (secondary N) is 2. The molecule has 2 aromatic carbocycles. The van der Waals surface area contributed by atoms with Gasteiger partial charge in [-0.1, -0.05) is 23.7 Å². The lowest BCUT2D eigenvalue weighted by Crippen LogP contribution is -2.37. The predicted octanol–water partition coefficient (Wildman–Crippen LogP) is 3.82. The van der Waals surface area contributed by atoms with Crippen molar-refractivity contribution in [3.05, 3.63) is 59.1 Å². The van der Waals surface area contributed by atoms with E-state index in [0.717, 1.165) is 22.9 Å². The lowest BCUT2D eigenvalue weighted by molar-refractivity contribution is 0.602. The maximum absolute atomic E-state index is 11.5. The monoisotopic (exact) mass is 539 g/mol. The van der Waals surface area contributed by atoms with Crippen LogP contribution in [-0.4, -0.2) is 40.0 Å². The molecule has 2 aromatic rings. The topological polar surface area (TPSA) is 70.6 Å². The minimum atomic E-state index is -3.16. The lowest BCUT2D eigenvalue weighted by Gasteiger charge is -2.12. The van der Waals surface area contributed by atoms with Crippen LogP contribution in [0.25, 0.3) is 0 Å². The van der Waals surface area contributed by atoms with Crippen LogP contribution in [0.1, 0.15) is 5.56 Å². The number of benzene rings is 2. The van der Waals surface area contributed by atoms with Gasteiger partial charge in [0.1, 0.15) is 0 Å². The Hall–Kier alpha value is -0.970. The van der Waals surface area contributed by atoms with Crippen LogP contribution < -0.4 is 10.6 Å². The summed E-state index contributed by atoms with van der Waals surface area (Å²) in [5.74, 6) is 1.60. The third kappa shape index (κ3) is 8.71. The van der Waals surface area contributed by atoms with E-state index in [1.165, 1.54) is 11.2 Å². The third-order valence-corrected chi connectivity index (χ3v) is 5.91. The summed E-state index contributed by atoms with van der Waals surface area (Å²) in [5, 5.41) is 7.20. The third-order valence-electron chi connectivity index (χ3n) is 3.51. The van der Waals surface area contributed by atoms with Crippen molar-refractivity contribution in [2.24, 2.45) is 4.99 Å². The van der Waals surface area contributed by atoms with Crippen molar-refractivity contribution >= 4 is 63.1 Å². The van der Waals surface area contributed by atoms with Gasteiger partial charge in [0, 0.05) is 42.1 Å². The Labute approximate surface area is 187 Å². The molecule has 0 fully saturated rings. The molecule has 0 spiro atoms. The van der Waals surface area contributed by atoms with E-state index in [1.54, 1.807) is 43.1 Å². The van der Waals surface area contributed by atoms with Crippen LogP contribution in [0.3, 0.4) is 0 Å². The van der Waals surface area contributed by atoms with Crippen LogP contribution >= 0.6 is 47.3 Å². The van der Waals surface area contributed by atoms with Crippen LogP contribution in [0, 0.1) is 0 Å². The summed E-state index contributed by atoms with van der Waals surface area (Å²) in [7, 11) is -1.45. The number of guanidine groups is 1. The number of nitrogens with zero attached hydrogens (tertiary/aromatic N) is 1. The van der Waals surface area contributed by atoms with Gasteiger partial charge in [0.2, 0.25) is 0 Å². The molecule has 0 atom stereocenters. The predicted molar refractivity (Wildman–Crippen MR) is 125 cm³/mol. The summed E-state index contributed by atoms with van der Waals surface area (Å²) in [6.45, 7) is 1.33. The molecule has 0 radical (unpaired) electrons. The maximum Gasteiger partial charge on any atom is 0.191 e. The number of hydrogen-bond acceptors (Lipinski definition) is 4. The van der Waals surface area contributed by atoms with Crippen LogP contribution in [0.5, 0.6) is 0 Å². The zero-order chi connectivity index (χ0) is 19.0. The number of hydrogen-bond donors (Lipinski definition) is 2. The smallest absolute Gasteiger partial charge is 0.191 e. The van der Waals surface area contributed by atoms with Crippen LogP contribution in [0.4, 0.5) is 0 Å². The van der Waals surface area contributed by atoms with Gasteiger partial charge < -0.3 is 10.6 Å². The molecule has 2 N–H and O–H groups in total. The Morgan fingerprint density at radius 1 is 1.07 bits per heavy atom. The zero-order valence-corrected chi connectivity index (χ0v) is 19.8. The first-order valence-corrected chi connectivity index (χ1v) is 11.3. The highest BCUT2D eigenvalue weighted by molar-refractivity contribution is 14.0. The molecule has 0 aliphatic heterocycles. The minimum Gasteiger partial charge on any atom is -0.356 e. The Kier molecular flexibility index (Phi) is 10.5. The number of aliphatic imine (C=N–C) groups is 1. The quantitative estimate of drug-likeness (QED) is 0.184. The molecule has 0 saturated carbocycles. The molecule has 0 heterocycles. The average Bonchev–Trinajstić information content (AvgIpc) is 2.62. The van der Waals surface area contributed by atoms with Crippen molar-refractivity contribution in [3.8, 4) is 0 Å². The van der Waals surface area contributed by atoms with Gasteiger partial charge in [0.15, 0.2) is 15.8 Å². The molecule has 9 heteroatoms. The van der Waals surface area contributed by atoms with E-state index >= 15 is 0 Å². The molecule has 0 unspecified atom stereocenters. The van der Waals surface area contributed by atoms with Gasteiger partial charge in [-0.2, -0.15) is 0 Å². The highest BCUT2D eigenvalue weighted by Crippen LogP contribution is 2.19. The molecule has 2 rings (SSSR count). The van der Waals surface area contributed by atoms with Crippen molar-refractivity contribution in [1.29, 1.82) is 0 Å². The van der Waals surface area contributed by atoms with Crippen LogP contribution in [0.15, 0.2) is 63.3 Å². The molecule has 148 valence electrons. The van der Waals surface area contributed by atoms with Crippen LogP contribution in [0.2, 0.25) is 5.02 Å². The largest absolute Gasteiger partial charge is 0.356 e. The first-order chi connectivity index (χ1) is 12.4. The summed E-state index contributed by atoms with van der Waals surface area (Å²) < 4.78 is 22.9. The van der Waals surface area contributed by atoms with Gasteiger partial charge in [0.25, 0.3) is 0 Å². The fourth-order valence-corrected chi connectivity index (χ4v) is 3.65. The minimum absolute atomic E-state index is 0. The molecule has 27 heavy (non-hydrogen) atoms. The first kappa shape index (κ1) is 24.1. The summed E-state index contributed by atoms with van der Waals surface area (Å²) in [6.07, 6.45) is 1.20. The molecule has 0 amide bonds. The summed E-state index contributed by atoms with van der Waals surface area (Å²) in [4.78, 5) is 5.68. The van der Waals surface area contributed by atoms with Gasteiger partial charge >= 0.3 is 0 Å². The summed E-state index contributed by atoms with van der Waals surface area (Å²) >= 11 is 7.61. The van der Waals surface area contributed by atoms with E-state index in [2.05, 4.69) is 15.6 Å². The Bertz CT molecular complexity index is 842. The van der Waals surface area contributed by atoms with E-state index in [0.29, 0.717) is 17.4 Å². The average molecular weight is 540 g/mol. The van der Waals surface area contributed by atoms with Gasteiger partial charge in [0.05, 0.1) is 4.90 Å². The highest BCUT2D eigenvalue weighted by atomic mass is 127. The molecule has 0 bridgehead atoms. The van der Waals surface area contributed by atoms with Gasteiger partial charge in [-0.25, -0.2) is 8.42 Å². The molecule has 0 saturated heterocycles. The number of thioether (sulfide) groups is 1. The van der Waals surface area contributed by atoms with E-state index in [-0.39, 0.29) is 24.0 Å². The van der Waals surface area contributed by atoms with Gasteiger partial charge in [-0.15, -0.1) is 35.7 Å². The van der Waals surface area contributed by atoms with E-state index < -0.39 is 9.84 Å². The van der Waals surface area contributed by atoms with Crippen molar-refractivity contribution in [1.82, 2.24) is 10.6 Å². The fourth-order valence-electron chi connectivity index (χ4n) is 2.13. The van der Waals surface area contributed by atoms with E-state index in [9.17, 15) is 8.42 Å². The number of halogens is 2. The Morgan fingerprint density at radius 3 is 2.26 bits per heavy atom. The molecular formula is C18H23ClIN3O2S2. The summed E-state index contributed by atoms with van der Waals surface area (Å²) in [5.41, 5.74) is 0.982. The summed E-state index contributed by atoms with van der Waals surface area (Å²) in [6, 6.07) is 14.6.